The van der Waals surface area contributed by atoms with Gasteiger partial charge in [-0.2, -0.15) is 5.26 Å². The fraction of sp³-hybridized carbons (Fsp3) is 0.207. The number of thiophene rings is 1. The van der Waals surface area contributed by atoms with Gasteiger partial charge < -0.3 is 20.1 Å². The molecule has 0 saturated carbocycles. The molecule has 2 N–H and O–H groups in total. The van der Waals surface area contributed by atoms with Crippen LogP contribution in [0.2, 0.25) is 0 Å². The molecule has 0 aliphatic heterocycles. The molecule has 5 aromatic rings. The van der Waals surface area contributed by atoms with Crippen LogP contribution in [0.25, 0.3) is 31.6 Å². The second-order valence-corrected chi connectivity index (χ2v) is 10.4. The van der Waals surface area contributed by atoms with E-state index in [9.17, 15) is 10.1 Å². The molecule has 0 fully saturated rings. The Balaban J connectivity index is 1.51. The van der Waals surface area contributed by atoms with E-state index in [0.717, 1.165) is 55.0 Å². The number of hydrogen-bond donors (Lipinski definition) is 2. The Bertz CT molecular complexity index is 1660. The summed E-state index contributed by atoms with van der Waals surface area (Å²) in [4.78, 5) is 26.4. The van der Waals surface area contributed by atoms with E-state index in [1.54, 1.807) is 22.4 Å². The highest BCUT2D eigenvalue weighted by Crippen LogP contribution is 2.39. The van der Waals surface area contributed by atoms with E-state index in [2.05, 4.69) is 45.3 Å². The number of rotatable bonds is 7. The van der Waals surface area contributed by atoms with Crippen LogP contribution >= 0.6 is 11.3 Å². The molecule has 0 aliphatic rings. The molecule has 2 aromatic carbocycles. The molecule has 1 amide bonds. The van der Waals surface area contributed by atoms with Crippen LogP contribution in [0.15, 0.2) is 60.9 Å². The van der Waals surface area contributed by atoms with Gasteiger partial charge in [0.05, 0.1) is 11.3 Å². The Hall–Kier alpha value is -4.19. The summed E-state index contributed by atoms with van der Waals surface area (Å²) in [5.74, 6) is -0.00678. The van der Waals surface area contributed by atoms with Crippen LogP contribution < -0.4 is 5.32 Å². The van der Waals surface area contributed by atoms with Gasteiger partial charge in [0.15, 0.2) is 0 Å². The van der Waals surface area contributed by atoms with Gasteiger partial charge in [-0.15, -0.1) is 11.3 Å². The van der Waals surface area contributed by atoms with Crippen LogP contribution in [0.5, 0.6) is 0 Å². The van der Waals surface area contributed by atoms with Gasteiger partial charge >= 0.3 is 0 Å². The second kappa shape index (κ2) is 10.1. The molecular weight excluding hydrogens is 480 g/mol. The molecule has 0 unspecified atom stereocenters. The largest absolute Gasteiger partial charge is 0.361 e. The molecule has 0 radical (unpaired) electrons. The number of carbonyl (C=O) groups excluding carboxylic acids is 1. The summed E-state index contributed by atoms with van der Waals surface area (Å²) in [6.45, 7) is 3.53. The number of pyridine rings is 1. The topological polar surface area (TPSA) is 88.0 Å². The first-order chi connectivity index (χ1) is 17.9. The molecule has 8 heteroatoms. The van der Waals surface area contributed by atoms with E-state index in [-0.39, 0.29) is 5.91 Å². The van der Waals surface area contributed by atoms with Gasteiger partial charge in [0, 0.05) is 64.9 Å². The molecule has 3 heterocycles. The lowest BCUT2D eigenvalue weighted by molar-refractivity contribution is 0.0786. The SMILES string of the molecule is Cc1c(Nc2c(C#N)cnc3sc(-c4cccc(C(=O)N(C)CCN(C)C)c4)cc23)ccc2[nH]ccc12. The molecule has 0 saturated heterocycles. The van der Waals surface area contributed by atoms with E-state index >= 15 is 0 Å². The number of hydrogen-bond acceptors (Lipinski definition) is 6. The van der Waals surface area contributed by atoms with E-state index in [4.69, 9.17) is 0 Å². The molecule has 0 aliphatic carbocycles. The molecule has 5 rings (SSSR count). The van der Waals surface area contributed by atoms with Crippen molar-refractivity contribution in [1.82, 2.24) is 19.8 Å². The number of amides is 1. The minimum atomic E-state index is -0.00678. The number of nitrogens with one attached hydrogen (secondary N) is 2. The number of likely N-dealkylation sites (N-methyl/N-ethyl adjacent to an activating group) is 2. The predicted molar refractivity (Wildman–Crippen MR) is 152 cm³/mol. The van der Waals surface area contributed by atoms with Crippen molar-refractivity contribution in [2.75, 3.05) is 39.5 Å². The zero-order valence-electron chi connectivity index (χ0n) is 21.3. The number of fused-ring (bicyclic) bond motifs is 2. The third kappa shape index (κ3) is 4.79. The first-order valence-corrected chi connectivity index (χ1v) is 12.8. The minimum absolute atomic E-state index is 0.00678. The Morgan fingerprint density at radius 1 is 1.11 bits per heavy atom. The molecule has 7 nitrogen and oxygen atoms in total. The summed E-state index contributed by atoms with van der Waals surface area (Å²) >= 11 is 1.55. The third-order valence-electron chi connectivity index (χ3n) is 6.57. The molecule has 37 heavy (non-hydrogen) atoms. The maximum Gasteiger partial charge on any atom is 0.253 e. The smallest absolute Gasteiger partial charge is 0.253 e. The van der Waals surface area contributed by atoms with Crippen LogP contribution in [-0.4, -0.2) is 59.9 Å². The summed E-state index contributed by atoms with van der Waals surface area (Å²) in [7, 11) is 5.82. The van der Waals surface area contributed by atoms with E-state index in [1.165, 1.54) is 0 Å². The summed E-state index contributed by atoms with van der Waals surface area (Å²) in [5, 5.41) is 15.4. The monoisotopic (exact) mass is 508 g/mol. The fourth-order valence-corrected chi connectivity index (χ4v) is 5.39. The van der Waals surface area contributed by atoms with Gasteiger partial charge in [0.1, 0.15) is 10.9 Å². The van der Waals surface area contributed by atoms with Gasteiger partial charge in [-0.1, -0.05) is 12.1 Å². The Morgan fingerprint density at radius 2 is 1.95 bits per heavy atom. The number of aromatic amines is 1. The molecule has 0 spiro atoms. The molecule has 3 aromatic heterocycles. The van der Waals surface area contributed by atoms with E-state index in [1.807, 2.05) is 63.7 Å². The first kappa shape index (κ1) is 24.5. The van der Waals surface area contributed by atoms with Crippen molar-refractivity contribution < 1.29 is 4.79 Å². The van der Waals surface area contributed by atoms with Crippen LogP contribution in [0.4, 0.5) is 11.4 Å². The summed E-state index contributed by atoms with van der Waals surface area (Å²) in [6, 6.07) is 18.2. The molecule has 186 valence electrons. The van der Waals surface area contributed by atoms with E-state index < -0.39 is 0 Å². The first-order valence-electron chi connectivity index (χ1n) is 12.0. The van der Waals surface area contributed by atoms with Crippen molar-refractivity contribution in [2.45, 2.75) is 6.92 Å². The third-order valence-corrected chi connectivity index (χ3v) is 7.66. The number of aryl methyl sites for hydroxylation is 1. The average molecular weight is 509 g/mol. The maximum absolute atomic E-state index is 13.0. The quantitative estimate of drug-likeness (QED) is 0.281. The van der Waals surface area contributed by atoms with Crippen molar-refractivity contribution in [2.24, 2.45) is 0 Å². The number of benzene rings is 2. The van der Waals surface area contributed by atoms with Crippen molar-refractivity contribution in [3.05, 3.63) is 77.6 Å². The highest BCUT2D eigenvalue weighted by Gasteiger charge is 2.17. The number of nitrogens with zero attached hydrogens (tertiary/aromatic N) is 4. The standard InChI is InChI=1S/C29H28N6OS/c1-18-22-10-11-31-25(22)9-8-24(18)33-27-21(16-30)17-32-28-23(27)15-26(37-28)19-6-5-7-20(14-19)29(36)35(4)13-12-34(2)3/h5-11,14-15,17,31H,12-13H2,1-4H3,(H,32,33). The van der Waals surface area contributed by atoms with Crippen molar-refractivity contribution in [1.29, 1.82) is 5.26 Å². The number of H-pyrrole nitrogens is 1. The Morgan fingerprint density at radius 3 is 2.73 bits per heavy atom. The van der Waals surface area contributed by atoms with Gasteiger partial charge in [0.25, 0.3) is 5.91 Å². The van der Waals surface area contributed by atoms with Crippen molar-refractivity contribution in [3.8, 4) is 16.5 Å². The van der Waals surface area contributed by atoms with Crippen molar-refractivity contribution >= 4 is 49.7 Å². The van der Waals surface area contributed by atoms with Gasteiger partial charge in [-0.05, 0) is 68.5 Å². The minimum Gasteiger partial charge on any atom is -0.361 e. The maximum atomic E-state index is 13.0. The zero-order chi connectivity index (χ0) is 26.1. The zero-order valence-corrected chi connectivity index (χ0v) is 22.1. The summed E-state index contributed by atoms with van der Waals surface area (Å²) in [5.41, 5.74) is 5.94. The lowest BCUT2D eigenvalue weighted by Gasteiger charge is -2.20. The van der Waals surface area contributed by atoms with Crippen LogP contribution in [0, 0.1) is 18.3 Å². The van der Waals surface area contributed by atoms with Gasteiger partial charge in [-0.3, -0.25) is 4.79 Å². The fourth-order valence-electron chi connectivity index (χ4n) is 4.38. The highest BCUT2D eigenvalue weighted by molar-refractivity contribution is 7.22. The Kier molecular flexibility index (Phi) is 6.66. The summed E-state index contributed by atoms with van der Waals surface area (Å²) in [6.07, 6.45) is 3.55. The molecule has 0 bridgehead atoms. The normalized spacial score (nSPS) is 11.2. The van der Waals surface area contributed by atoms with E-state index in [0.29, 0.717) is 17.7 Å². The summed E-state index contributed by atoms with van der Waals surface area (Å²) < 4.78 is 0. The average Bonchev–Trinajstić information content (AvgIpc) is 3.56. The lowest BCUT2D eigenvalue weighted by atomic mass is 10.1. The number of anilines is 2. The van der Waals surface area contributed by atoms with Crippen LogP contribution in [0.1, 0.15) is 21.5 Å². The van der Waals surface area contributed by atoms with Crippen LogP contribution in [0.3, 0.4) is 0 Å². The molecular formula is C29H28N6OS. The highest BCUT2D eigenvalue weighted by atomic mass is 32.1. The molecule has 0 atom stereocenters. The number of carbonyl (C=O) groups is 1. The number of aromatic nitrogens is 2. The number of nitriles is 1. The second-order valence-electron chi connectivity index (χ2n) is 9.40. The Labute approximate surface area is 220 Å². The van der Waals surface area contributed by atoms with Gasteiger partial charge in [-0.25, -0.2) is 4.98 Å². The predicted octanol–water partition coefficient (Wildman–Crippen LogP) is 6.00. The lowest BCUT2D eigenvalue weighted by Crippen LogP contribution is -2.33. The van der Waals surface area contributed by atoms with Gasteiger partial charge in [0.2, 0.25) is 0 Å². The van der Waals surface area contributed by atoms with Crippen LogP contribution in [-0.2, 0) is 0 Å². The van der Waals surface area contributed by atoms with Crippen molar-refractivity contribution in [3.63, 3.8) is 0 Å².